The van der Waals surface area contributed by atoms with Gasteiger partial charge in [-0.3, -0.25) is 9.98 Å². The van der Waals surface area contributed by atoms with Crippen LogP contribution in [0.25, 0.3) is 0 Å². The molecule has 3 nitrogen and oxygen atoms in total. The predicted molar refractivity (Wildman–Crippen MR) is 61.8 cm³/mol. The number of aliphatic imine (C=N–C) groups is 1. The molecule has 1 aliphatic rings. The Hall–Kier alpha value is -1.03. The van der Waals surface area contributed by atoms with Crippen molar-refractivity contribution in [2.24, 2.45) is 4.99 Å². The van der Waals surface area contributed by atoms with Crippen LogP contribution in [0, 0.1) is 0 Å². The van der Waals surface area contributed by atoms with Crippen LogP contribution in [-0.4, -0.2) is 21.9 Å². The Bertz CT molecular complexity index is 323. The molecule has 2 rings (SSSR count). The summed E-state index contributed by atoms with van der Waals surface area (Å²) in [5.41, 5.74) is 1.01. The minimum atomic E-state index is 0.485. The van der Waals surface area contributed by atoms with Crippen LogP contribution in [0.5, 0.6) is 0 Å². The molecule has 0 saturated carbocycles. The summed E-state index contributed by atoms with van der Waals surface area (Å²) >= 11 is 1.78. The molecule has 0 saturated heterocycles. The summed E-state index contributed by atoms with van der Waals surface area (Å²) in [5, 5.41) is 4.27. The van der Waals surface area contributed by atoms with E-state index in [4.69, 9.17) is 0 Å². The van der Waals surface area contributed by atoms with Crippen molar-refractivity contribution in [3.63, 3.8) is 0 Å². The van der Waals surface area contributed by atoms with E-state index in [-0.39, 0.29) is 0 Å². The van der Waals surface area contributed by atoms with Crippen molar-refractivity contribution >= 4 is 22.6 Å². The monoisotopic (exact) mass is 207 g/mol. The lowest BCUT2D eigenvalue weighted by atomic mass is 10.3. The molecule has 2 heterocycles. The highest BCUT2D eigenvalue weighted by molar-refractivity contribution is 8.14. The summed E-state index contributed by atoms with van der Waals surface area (Å²) in [6, 6.07) is 4.40. The zero-order chi connectivity index (χ0) is 9.80. The minimum Gasteiger partial charge on any atom is -0.334 e. The van der Waals surface area contributed by atoms with Gasteiger partial charge in [0, 0.05) is 11.9 Å². The zero-order valence-corrected chi connectivity index (χ0v) is 8.92. The highest BCUT2D eigenvalue weighted by Crippen LogP contribution is 2.21. The van der Waals surface area contributed by atoms with E-state index in [2.05, 4.69) is 22.2 Å². The molecule has 0 fully saturated rings. The van der Waals surface area contributed by atoms with E-state index in [1.807, 2.05) is 18.3 Å². The molecule has 1 aromatic rings. The number of amidine groups is 1. The summed E-state index contributed by atoms with van der Waals surface area (Å²) in [7, 11) is 0. The van der Waals surface area contributed by atoms with Crippen molar-refractivity contribution < 1.29 is 0 Å². The van der Waals surface area contributed by atoms with Gasteiger partial charge in [-0.05, 0) is 18.6 Å². The number of hydrogen-bond donors (Lipinski definition) is 1. The molecule has 1 aromatic heterocycles. The van der Waals surface area contributed by atoms with E-state index in [1.54, 1.807) is 18.0 Å². The SMILES string of the molecule is CC[C@H]1CSC(Nc2cccnc2)=N1. The van der Waals surface area contributed by atoms with E-state index < -0.39 is 0 Å². The molecule has 0 aromatic carbocycles. The van der Waals surface area contributed by atoms with Gasteiger partial charge < -0.3 is 5.32 Å². The standard InChI is InChI=1S/C10H13N3S/c1-2-8-7-14-10(12-8)13-9-4-3-5-11-6-9/h3-6,8H,2,7H2,1H3,(H,12,13)/t8-/m0/s1. The maximum atomic E-state index is 4.54. The molecular formula is C10H13N3S. The number of nitrogens with one attached hydrogen (secondary N) is 1. The van der Waals surface area contributed by atoms with Gasteiger partial charge in [-0.2, -0.15) is 0 Å². The van der Waals surface area contributed by atoms with E-state index in [1.165, 1.54) is 0 Å². The summed E-state index contributed by atoms with van der Waals surface area (Å²) in [4.78, 5) is 8.58. The van der Waals surface area contributed by atoms with E-state index in [9.17, 15) is 0 Å². The topological polar surface area (TPSA) is 37.3 Å². The van der Waals surface area contributed by atoms with Crippen molar-refractivity contribution in [3.8, 4) is 0 Å². The Balaban J connectivity index is 1.99. The summed E-state index contributed by atoms with van der Waals surface area (Å²) in [6.07, 6.45) is 4.69. The summed E-state index contributed by atoms with van der Waals surface area (Å²) < 4.78 is 0. The molecule has 0 spiro atoms. The summed E-state index contributed by atoms with van der Waals surface area (Å²) in [5.74, 6) is 1.10. The first-order valence-corrected chi connectivity index (χ1v) is 5.74. The van der Waals surface area contributed by atoms with Gasteiger partial charge in [0.1, 0.15) is 0 Å². The zero-order valence-electron chi connectivity index (χ0n) is 8.10. The number of nitrogens with zero attached hydrogens (tertiary/aromatic N) is 2. The second kappa shape index (κ2) is 4.46. The van der Waals surface area contributed by atoms with Crippen LogP contribution in [0.15, 0.2) is 29.5 Å². The quantitative estimate of drug-likeness (QED) is 0.809. The Labute approximate surface area is 88.0 Å². The van der Waals surface area contributed by atoms with Gasteiger partial charge in [-0.25, -0.2) is 0 Å². The number of aromatic nitrogens is 1. The maximum absolute atomic E-state index is 4.54. The van der Waals surface area contributed by atoms with Gasteiger partial charge in [0.05, 0.1) is 17.9 Å². The Morgan fingerprint density at radius 1 is 1.64 bits per heavy atom. The third-order valence-electron chi connectivity index (χ3n) is 2.10. The fourth-order valence-corrected chi connectivity index (χ4v) is 2.33. The van der Waals surface area contributed by atoms with Crippen LogP contribution in [0.2, 0.25) is 0 Å². The van der Waals surface area contributed by atoms with Crippen LogP contribution in [0.1, 0.15) is 13.3 Å². The van der Waals surface area contributed by atoms with Crippen molar-refractivity contribution in [1.29, 1.82) is 0 Å². The number of pyridine rings is 1. The highest BCUT2D eigenvalue weighted by atomic mass is 32.2. The van der Waals surface area contributed by atoms with Crippen molar-refractivity contribution in [2.75, 3.05) is 11.1 Å². The average Bonchev–Trinajstić information content (AvgIpc) is 2.67. The fraction of sp³-hybridized carbons (Fsp3) is 0.400. The normalized spacial score (nSPS) is 20.6. The lowest BCUT2D eigenvalue weighted by Gasteiger charge is -2.02. The molecule has 4 heteroatoms. The minimum absolute atomic E-state index is 0.485. The van der Waals surface area contributed by atoms with Crippen LogP contribution >= 0.6 is 11.8 Å². The first-order valence-electron chi connectivity index (χ1n) is 4.76. The van der Waals surface area contributed by atoms with Crippen LogP contribution < -0.4 is 5.32 Å². The third kappa shape index (κ3) is 2.26. The Kier molecular flexibility index (Phi) is 3.03. The second-order valence-corrected chi connectivity index (χ2v) is 4.18. The molecule has 0 amide bonds. The predicted octanol–water partition coefficient (Wildman–Crippen LogP) is 2.37. The van der Waals surface area contributed by atoms with Gasteiger partial charge in [0.2, 0.25) is 0 Å². The van der Waals surface area contributed by atoms with Crippen LogP contribution in [0.3, 0.4) is 0 Å². The average molecular weight is 207 g/mol. The van der Waals surface area contributed by atoms with Gasteiger partial charge >= 0.3 is 0 Å². The van der Waals surface area contributed by atoms with Gasteiger partial charge in [-0.1, -0.05) is 18.7 Å². The van der Waals surface area contributed by atoms with Crippen molar-refractivity contribution in [3.05, 3.63) is 24.5 Å². The molecule has 1 N–H and O–H groups in total. The van der Waals surface area contributed by atoms with E-state index >= 15 is 0 Å². The van der Waals surface area contributed by atoms with Crippen LogP contribution in [0.4, 0.5) is 5.69 Å². The number of hydrogen-bond acceptors (Lipinski definition) is 4. The third-order valence-corrected chi connectivity index (χ3v) is 3.13. The number of anilines is 1. The van der Waals surface area contributed by atoms with E-state index in [0.29, 0.717) is 6.04 Å². The molecule has 1 atom stereocenters. The first kappa shape index (κ1) is 9.52. The van der Waals surface area contributed by atoms with Gasteiger partial charge in [0.25, 0.3) is 0 Å². The second-order valence-electron chi connectivity index (χ2n) is 3.17. The molecule has 0 bridgehead atoms. The smallest absolute Gasteiger partial charge is 0.161 e. The maximum Gasteiger partial charge on any atom is 0.161 e. The molecule has 0 radical (unpaired) electrons. The van der Waals surface area contributed by atoms with Gasteiger partial charge in [-0.15, -0.1) is 0 Å². The summed E-state index contributed by atoms with van der Waals surface area (Å²) in [6.45, 7) is 2.17. The molecule has 1 aliphatic heterocycles. The number of rotatable bonds is 2. The fourth-order valence-electron chi connectivity index (χ4n) is 1.25. The Morgan fingerprint density at radius 3 is 3.21 bits per heavy atom. The Morgan fingerprint density at radius 2 is 2.57 bits per heavy atom. The molecular weight excluding hydrogens is 194 g/mol. The molecule has 14 heavy (non-hydrogen) atoms. The van der Waals surface area contributed by atoms with Gasteiger partial charge in [0.15, 0.2) is 5.17 Å². The lowest BCUT2D eigenvalue weighted by molar-refractivity contribution is 0.738. The van der Waals surface area contributed by atoms with Crippen molar-refractivity contribution in [2.45, 2.75) is 19.4 Å². The first-order chi connectivity index (χ1) is 6.88. The number of thioether (sulfide) groups is 1. The molecule has 0 unspecified atom stereocenters. The van der Waals surface area contributed by atoms with Crippen LogP contribution in [-0.2, 0) is 0 Å². The lowest BCUT2D eigenvalue weighted by Crippen LogP contribution is -2.05. The highest BCUT2D eigenvalue weighted by Gasteiger charge is 2.15. The van der Waals surface area contributed by atoms with Crippen molar-refractivity contribution in [1.82, 2.24) is 4.98 Å². The van der Waals surface area contributed by atoms with E-state index in [0.717, 1.165) is 23.0 Å². The molecule has 0 aliphatic carbocycles. The largest absolute Gasteiger partial charge is 0.334 e. The molecule has 74 valence electrons.